The zero-order chi connectivity index (χ0) is 17.7. The van der Waals surface area contributed by atoms with Crippen LogP contribution in [0.5, 0.6) is 0 Å². The largest absolute Gasteiger partial charge is 0.383 e. The molecule has 2 amide bonds. The maximum absolute atomic E-state index is 12.4. The molecule has 2 saturated heterocycles. The van der Waals surface area contributed by atoms with Crippen LogP contribution in [0, 0.1) is 5.41 Å². The lowest BCUT2D eigenvalue weighted by molar-refractivity contribution is 0.104. The van der Waals surface area contributed by atoms with E-state index in [-0.39, 0.29) is 12.1 Å². The van der Waals surface area contributed by atoms with Gasteiger partial charge in [-0.2, -0.15) is 0 Å². The number of hydrogen-bond donors (Lipinski definition) is 1. The average Bonchev–Trinajstić information content (AvgIpc) is 3.02. The van der Waals surface area contributed by atoms with Crippen molar-refractivity contribution in [2.24, 2.45) is 5.41 Å². The Balaban J connectivity index is 1.46. The van der Waals surface area contributed by atoms with Crippen molar-refractivity contribution in [1.29, 1.82) is 0 Å². The van der Waals surface area contributed by atoms with Gasteiger partial charge in [0.15, 0.2) is 0 Å². The Kier molecular flexibility index (Phi) is 5.97. The van der Waals surface area contributed by atoms with Crippen molar-refractivity contribution in [3.8, 4) is 0 Å². The van der Waals surface area contributed by atoms with Crippen LogP contribution in [0.15, 0.2) is 30.3 Å². The molecule has 25 heavy (non-hydrogen) atoms. The number of carbonyl (C=O) groups excluding carboxylic acids is 1. The molecular formula is C20H31N3O2. The molecule has 1 aromatic carbocycles. The lowest BCUT2D eigenvalue weighted by Gasteiger charge is -2.39. The second-order valence-electron chi connectivity index (χ2n) is 7.74. The molecule has 0 unspecified atom stereocenters. The molecule has 0 aliphatic carbocycles. The predicted octanol–water partition coefficient (Wildman–Crippen LogP) is 2.72. The average molecular weight is 345 g/mol. The zero-order valence-corrected chi connectivity index (χ0v) is 15.5. The van der Waals surface area contributed by atoms with Gasteiger partial charge < -0.3 is 15.0 Å². The summed E-state index contributed by atoms with van der Waals surface area (Å²) >= 11 is 0. The fourth-order valence-electron chi connectivity index (χ4n) is 4.14. The van der Waals surface area contributed by atoms with Crippen LogP contribution in [-0.4, -0.2) is 61.8 Å². The van der Waals surface area contributed by atoms with E-state index in [1.807, 2.05) is 11.8 Å². The van der Waals surface area contributed by atoms with E-state index in [0.29, 0.717) is 12.0 Å². The molecule has 2 heterocycles. The van der Waals surface area contributed by atoms with Crippen molar-refractivity contribution in [2.75, 3.05) is 39.9 Å². The third kappa shape index (κ3) is 4.73. The molecule has 0 saturated carbocycles. The third-order valence-corrected chi connectivity index (χ3v) is 5.68. The molecular weight excluding hydrogens is 314 g/mol. The van der Waals surface area contributed by atoms with Gasteiger partial charge in [-0.3, -0.25) is 4.90 Å². The zero-order valence-electron chi connectivity index (χ0n) is 15.5. The van der Waals surface area contributed by atoms with Gasteiger partial charge in [0.25, 0.3) is 0 Å². The summed E-state index contributed by atoms with van der Waals surface area (Å²) in [7, 11) is 1.66. The number of benzene rings is 1. The van der Waals surface area contributed by atoms with E-state index in [2.05, 4.69) is 40.5 Å². The van der Waals surface area contributed by atoms with Crippen LogP contribution >= 0.6 is 0 Å². The first-order valence-electron chi connectivity index (χ1n) is 9.41. The van der Waals surface area contributed by atoms with E-state index >= 15 is 0 Å². The van der Waals surface area contributed by atoms with E-state index in [9.17, 15) is 4.79 Å². The summed E-state index contributed by atoms with van der Waals surface area (Å²) in [6, 6.07) is 10.8. The van der Waals surface area contributed by atoms with Crippen molar-refractivity contribution in [2.45, 2.75) is 38.8 Å². The number of nitrogens with zero attached hydrogens (tertiary/aromatic N) is 2. The number of methoxy groups -OCH3 is 1. The summed E-state index contributed by atoms with van der Waals surface area (Å²) in [5, 5.41) is 3.04. The lowest BCUT2D eigenvalue weighted by Crippen LogP contribution is -2.46. The minimum absolute atomic E-state index is 0.0572. The highest BCUT2D eigenvalue weighted by Gasteiger charge is 2.42. The quantitative estimate of drug-likeness (QED) is 0.892. The fourth-order valence-corrected chi connectivity index (χ4v) is 4.14. The van der Waals surface area contributed by atoms with Crippen molar-refractivity contribution in [3.63, 3.8) is 0 Å². The molecule has 5 nitrogen and oxygen atoms in total. The Hall–Kier alpha value is -1.59. The Labute approximate surface area is 151 Å². The lowest BCUT2D eigenvalue weighted by atomic mass is 9.77. The Bertz CT molecular complexity index is 555. The monoisotopic (exact) mass is 345 g/mol. The minimum Gasteiger partial charge on any atom is -0.383 e. The number of carbonyl (C=O) groups is 1. The van der Waals surface area contributed by atoms with Crippen molar-refractivity contribution in [1.82, 2.24) is 15.1 Å². The summed E-state index contributed by atoms with van der Waals surface area (Å²) in [5.74, 6) is 0. The third-order valence-electron chi connectivity index (χ3n) is 5.68. The van der Waals surface area contributed by atoms with Gasteiger partial charge in [-0.05, 0) is 50.3 Å². The smallest absolute Gasteiger partial charge is 0.317 e. The second-order valence-corrected chi connectivity index (χ2v) is 7.74. The Morgan fingerprint density at radius 2 is 1.88 bits per heavy atom. The second kappa shape index (κ2) is 8.19. The maximum Gasteiger partial charge on any atom is 0.317 e. The molecule has 0 radical (unpaired) electrons. The molecule has 5 heteroatoms. The van der Waals surface area contributed by atoms with Gasteiger partial charge in [-0.15, -0.1) is 0 Å². The predicted molar refractivity (Wildman–Crippen MR) is 99.4 cm³/mol. The van der Waals surface area contributed by atoms with Crippen LogP contribution in [0.4, 0.5) is 4.79 Å². The molecule has 0 aromatic heterocycles. The van der Waals surface area contributed by atoms with E-state index in [1.54, 1.807) is 7.11 Å². The van der Waals surface area contributed by atoms with Crippen molar-refractivity contribution < 1.29 is 9.53 Å². The van der Waals surface area contributed by atoms with Gasteiger partial charge in [0.05, 0.1) is 12.6 Å². The minimum atomic E-state index is 0.0572. The molecule has 1 spiro atoms. The molecule has 2 aliphatic heterocycles. The van der Waals surface area contributed by atoms with Gasteiger partial charge >= 0.3 is 6.03 Å². The van der Waals surface area contributed by atoms with Crippen LogP contribution in [0.1, 0.15) is 31.7 Å². The highest BCUT2D eigenvalue weighted by Crippen LogP contribution is 2.40. The summed E-state index contributed by atoms with van der Waals surface area (Å²) in [4.78, 5) is 17.0. The Morgan fingerprint density at radius 1 is 1.20 bits per heavy atom. The van der Waals surface area contributed by atoms with Crippen LogP contribution in [-0.2, 0) is 11.3 Å². The number of urea groups is 1. The highest BCUT2D eigenvalue weighted by molar-refractivity contribution is 5.74. The molecule has 2 fully saturated rings. The molecule has 138 valence electrons. The van der Waals surface area contributed by atoms with E-state index < -0.39 is 0 Å². The van der Waals surface area contributed by atoms with Gasteiger partial charge in [0.2, 0.25) is 0 Å². The molecule has 1 aromatic rings. The van der Waals surface area contributed by atoms with E-state index in [4.69, 9.17) is 4.74 Å². The van der Waals surface area contributed by atoms with Gasteiger partial charge in [0, 0.05) is 26.7 Å². The standard InChI is InChI=1S/C20H31N3O2/c1-17(15-25-2)21-19(24)23-13-10-20(16-23)8-11-22(12-9-20)14-18-6-4-3-5-7-18/h3-7,17H,8-16H2,1-2H3,(H,21,24)/t17-/m1/s1. The molecule has 0 bridgehead atoms. The fraction of sp³-hybridized carbons (Fsp3) is 0.650. The summed E-state index contributed by atoms with van der Waals surface area (Å²) in [5.41, 5.74) is 1.72. The number of piperidine rings is 1. The first kappa shape index (κ1) is 18.2. The summed E-state index contributed by atoms with van der Waals surface area (Å²) in [6.07, 6.45) is 3.52. The normalized spacial score (nSPS) is 21.4. The number of likely N-dealkylation sites (tertiary alicyclic amines) is 2. The van der Waals surface area contributed by atoms with Gasteiger partial charge in [-0.1, -0.05) is 30.3 Å². The van der Waals surface area contributed by atoms with Crippen molar-refractivity contribution >= 4 is 6.03 Å². The number of amides is 2. The molecule has 2 aliphatic rings. The molecule has 1 atom stereocenters. The number of hydrogen-bond acceptors (Lipinski definition) is 3. The number of rotatable bonds is 5. The van der Waals surface area contributed by atoms with Crippen LogP contribution in [0.25, 0.3) is 0 Å². The molecule has 1 N–H and O–H groups in total. The first-order chi connectivity index (χ1) is 12.1. The number of nitrogens with one attached hydrogen (secondary N) is 1. The van der Waals surface area contributed by atoms with Gasteiger partial charge in [-0.25, -0.2) is 4.79 Å². The van der Waals surface area contributed by atoms with E-state index in [1.165, 1.54) is 18.4 Å². The first-order valence-corrected chi connectivity index (χ1v) is 9.41. The SMILES string of the molecule is COC[C@@H](C)NC(=O)N1CCC2(CCN(Cc3ccccc3)CC2)C1. The molecule has 3 rings (SSSR count). The number of ether oxygens (including phenoxy) is 1. The maximum atomic E-state index is 12.4. The highest BCUT2D eigenvalue weighted by atomic mass is 16.5. The summed E-state index contributed by atoms with van der Waals surface area (Å²) < 4.78 is 5.10. The van der Waals surface area contributed by atoms with Crippen LogP contribution in [0.2, 0.25) is 0 Å². The summed E-state index contributed by atoms with van der Waals surface area (Å²) in [6.45, 7) is 7.61. The van der Waals surface area contributed by atoms with Gasteiger partial charge in [0.1, 0.15) is 0 Å². The van der Waals surface area contributed by atoms with Crippen molar-refractivity contribution in [3.05, 3.63) is 35.9 Å². The Morgan fingerprint density at radius 3 is 2.56 bits per heavy atom. The van der Waals surface area contributed by atoms with Crippen LogP contribution in [0.3, 0.4) is 0 Å². The van der Waals surface area contributed by atoms with E-state index in [0.717, 1.165) is 39.1 Å². The van der Waals surface area contributed by atoms with Crippen LogP contribution < -0.4 is 5.32 Å². The topological polar surface area (TPSA) is 44.8 Å².